The molecule has 2 aromatic heterocycles. The molecule has 0 atom stereocenters. The maximum absolute atomic E-state index is 6.06. The van der Waals surface area contributed by atoms with Crippen molar-refractivity contribution < 1.29 is 0 Å². The third-order valence-electron chi connectivity index (χ3n) is 3.60. The van der Waals surface area contributed by atoms with Gasteiger partial charge in [0.25, 0.3) is 0 Å². The van der Waals surface area contributed by atoms with E-state index in [0.29, 0.717) is 12.4 Å². The van der Waals surface area contributed by atoms with E-state index in [1.54, 1.807) is 0 Å². The van der Waals surface area contributed by atoms with Crippen LogP contribution >= 0.6 is 11.6 Å². The van der Waals surface area contributed by atoms with Gasteiger partial charge < -0.3 is 4.57 Å². The average molecular weight is 286 g/mol. The van der Waals surface area contributed by atoms with Gasteiger partial charge in [-0.05, 0) is 37.1 Å². The number of benzene rings is 1. The minimum absolute atomic E-state index is 0.403. The Morgan fingerprint density at radius 3 is 2.65 bits per heavy atom. The highest BCUT2D eigenvalue weighted by Crippen LogP contribution is 2.22. The minimum atomic E-state index is 0.403. The molecule has 0 radical (unpaired) electrons. The van der Waals surface area contributed by atoms with Crippen molar-refractivity contribution in [1.82, 2.24) is 14.5 Å². The quantitative estimate of drug-likeness (QED) is 0.685. The molecule has 0 saturated carbocycles. The van der Waals surface area contributed by atoms with Crippen LogP contribution in [0.1, 0.15) is 22.6 Å². The van der Waals surface area contributed by atoms with E-state index in [1.807, 2.05) is 12.3 Å². The van der Waals surface area contributed by atoms with Crippen LogP contribution in [0, 0.1) is 13.8 Å². The second kappa shape index (κ2) is 5.25. The normalized spacial score (nSPS) is 11.2. The highest BCUT2D eigenvalue weighted by molar-refractivity contribution is 6.16. The van der Waals surface area contributed by atoms with Gasteiger partial charge in [0.1, 0.15) is 5.82 Å². The molecule has 102 valence electrons. The summed E-state index contributed by atoms with van der Waals surface area (Å²) < 4.78 is 2.16. The van der Waals surface area contributed by atoms with Crippen LogP contribution in [0.25, 0.3) is 11.0 Å². The lowest BCUT2D eigenvalue weighted by atomic mass is 10.2. The average Bonchev–Trinajstić information content (AvgIpc) is 2.81. The molecule has 2 heterocycles. The van der Waals surface area contributed by atoms with Crippen LogP contribution in [-0.2, 0) is 12.4 Å². The Kier molecular flexibility index (Phi) is 3.45. The smallest absolute Gasteiger partial charge is 0.125 e. The van der Waals surface area contributed by atoms with Gasteiger partial charge in [-0.15, -0.1) is 11.6 Å². The van der Waals surface area contributed by atoms with Crippen LogP contribution in [0.15, 0.2) is 36.5 Å². The van der Waals surface area contributed by atoms with Gasteiger partial charge in [0.15, 0.2) is 0 Å². The molecule has 0 fully saturated rings. The first kappa shape index (κ1) is 13.1. The van der Waals surface area contributed by atoms with E-state index in [2.05, 4.69) is 52.6 Å². The zero-order valence-corrected chi connectivity index (χ0v) is 12.4. The van der Waals surface area contributed by atoms with E-state index < -0.39 is 0 Å². The molecule has 3 aromatic rings. The largest absolute Gasteiger partial charge is 0.321 e. The van der Waals surface area contributed by atoms with Gasteiger partial charge in [0, 0.05) is 6.20 Å². The summed E-state index contributed by atoms with van der Waals surface area (Å²) in [6.45, 7) is 4.85. The van der Waals surface area contributed by atoms with Crippen LogP contribution in [0.5, 0.6) is 0 Å². The van der Waals surface area contributed by atoms with Gasteiger partial charge in [-0.25, -0.2) is 4.98 Å². The Bertz CT molecular complexity index is 762. The Balaban J connectivity index is 2.15. The van der Waals surface area contributed by atoms with Gasteiger partial charge in [-0.3, -0.25) is 4.98 Å². The number of pyridine rings is 1. The lowest BCUT2D eigenvalue weighted by Crippen LogP contribution is -2.06. The molecule has 4 heteroatoms. The monoisotopic (exact) mass is 285 g/mol. The molecule has 0 saturated heterocycles. The Morgan fingerprint density at radius 1 is 1.10 bits per heavy atom. The zero-order chi connectivity index (χ0) is 14.1. The highest BCUT2D eigenvalue weighted by atomic mass is 35.5. The number of alkyl halides is 1. The topological polar surface area (TPSA) is 30.7 Å². The third-order valence-corrected chi connectivity index (χ3v) is 3.84. The van der Waals surface area contributed by atoms with E-state index in [9.17, 15) is 0 Å². The summed E-state index contributed by atoms with van der Waals surface area (Å²) in [5, 5.41) is 0. The number of hydrogen-bond donors (Lipinski definition) is 0. The molecule has 0 aliphatic heterocycles. The maximum Gasteiger partial charge on any atom is 0.125 e. The number of para-hydroxylation sites is 1. The molecule has 3 rings (SSSR count). The van der Waals surface area contributed by atoms with Crippen LogP contribution < -0.4 is 0 Å². The molecule has 0 bridgehead atoms. The van der Waals surface area contributed by atoms with Crippen molar-refractivity contribution in [3.8, 4) is 0 Å². The summed E-state index contributed by atoms with van der Waals surface area (Å²) >= 11 is 6.06. The summed E-state index contributed by atoms with van der Waals surface area (Å²) in [6, 6.07) is 10.2. The van der Waals surface area contributed by atoms with Crippen LogP contribution in [0.2, 0.25) is 0 Å². The van der Waals surface area contributed by atoms with Crippen molar-refractivity contribution >= 4 is 22.6 Å². The fourth-order valence-corrected chi connectivity index (χ4v) is 2.65. The van der Waals surface area contributed by atoms with Gasteiger partial charge >= 0.3 is 0 Å². The van der Waals surface area contributed by atoms with Gasteiger partial charge in [0.2, 0.25) is 0 Å². The predicted molar refractivity (Wildman–Crippen MR) is 82.1 cm³/mol. The second-order valence-corrected chi connectivity index (χ2v) is 5.22. The number of imidazole rings is 1. The van der Waals surface area contributed by atoms with Crippen molar-refractivity contribution in [2.24, 2.45) is 0 Å². The minimum Gasteiger partial charge on any atom is -0.321 e. The third kappa shape index (κ3) is 2.18. The van der Waals surface area contributed by atoms with Crippen LogP contribution in [0.3, 0.4) is 0 Å². The fraction of sp³-hybridized carbons (Fsp3) is 0.250. The van der Waals surface area contributed by atoms with Crippen molar-refractivity contribution in [1.29, 1.82) is 0 Å². The van der Waals surface area contributed by atoms with E-state index in [0.717, 1.165) is 22.6 Å². The number of aromatic nitrogens is 3. The number of rotatable bonds is 3. The SMILES string of the molecule is Cc1cccnc1Cn1c(CCl)nc2c(C)cccc21. The molecular formula is C16H16ClN3. The first-order valence-electron chi connectivity index (χ1n) is 6.62. The van der Waals surface area contributed by atoms with Crippen LogP contribution in [0.4, 0.5) is 0 Å². The Labute approximate surface area is 123 Å². The maximum atomic E-state index is 6.06. The summed E-state index contributed by atoms with van der Waals surface area (Å²) in [5.74, 6) is 1.29. The van der Waals surface area contributed by atoms with Gasteiger partial charge in [-0.2, -0.15) is 0 Å². The molecule has 0 unspecified atom stereocenters. The van der Waals surface area contributed by atoms with E-state index in [-0.39, 0.29) is 0 Å². The first-order valence-corrected chi connectivity index (χ1v) is 7.15. The molecular weight excluding hydrogens is 270 g/mol. The first-order chi connectivity index (χ1) is 9.70. The molecule has 0 spiro atoms. The summed E-state index contributed by atoms with van der Waals surface area (Å²) in [7, 11) is 0. The van der Waals surface area contributed by atoms with E-state index in [1.165, 1.54) is 11.1 Å². The van der Waals surface area contributed by atoms with Crippen LogP contribution in [-0.4, -0.2) is 14.5 Å². The summed E-state index contributed by atoms with van der Waals surface area (Å²) in [6.07, 6.45) is 1.83. The summed E-state index contributed by atoms with van der Waals surface area (Å²) in [4.78, 5) is 9.13. The highest BCUT2D eigenvalue weighted by Gasteiger charge is 2.12. The number of fused-ring (bicyclic) bond motifs is 1. The van der Waals surface area contributed by atoms with Crippen molar-refractivity contribution in [3.05, 3.63) is 59.2 Å². The van der Waals surface area contributed by atoms with Crippen molar-refractivity contribution in [3.63, 3.8) is 0 Å². The van der Waals surface area contributed by atoms with Gasteiger partial charge in [0.05, 0.1) is 29.2 Å². The molecule has 0 N–H and O–H groups in total. The lowest BCUT2D eigenvalue weighted by molar-refractivity contribution is 0.752. The zero-order valence-electron chi connectivity index (χ0n) is 11.6. The molecule has 3 nitrogen and oxygen atoms in total. The summed E-state index contributed by atoms with van der Waals surface area (Å²) in [5.41, 5.74) is 5.55. The van der Waals surface area contributed by atoms with Crippen molar-refractivity contribution in [2.45, 2.75) is 26.3 Å². The Morgan fingerprint density at radius 2 is 1.90 bits per heavy atom. The molecule has 1 aromatic carbocycles. The van der Waals surface area contributed by atoms with E-state index in [4.69, 9.17) is 11.6 Å². The van der Waals surface area contributed by atoms with E-state index >= 15 is 0 Å². The number of halogens is 1. The fourth-order valence-electron chi connectivity index (χ4n) is 2.45. The number of nitrogens with zero attached hydrogens (tertiary/aromatic N) is 3. The van der Waals surface area contributed by atoms with Crippen molar-refractivity contribution in [2.75, 3.05) is 0 Å². The number of aryl methyl sites for hydroxylation is 2. The molecule has 20 heavy (non-hydrogen) atoms. The Hall–Kier alpha value is -1.87. The molecule has 0 aliphatic rings. The molecule has 0 amide bonds. The van der Waals surface area contributed by atoms with Gasteiger partial charge in [-0.1, -0.05) is 18.2 Å². The lowest BCUT2D eigenvalue weighted by Gasteiger charge is -2.09. The number of hydrogen-bond acceptors (Lipinski definition) is 2. The second-order valence-electron chi connectivity index (χ2n) is 4.96. The molecule has 0 aliphatic carbocycles. The standard InChI is InChI=1S/C16H16ClN3/c1-11-6-4-8-18-13(11)10-20-14-7-3-5-12(2)16(14)19-15(20)9-17/h3-8H,9-10H2,1-2H3. The predicted octanol–water partition coefficient (Wildman–Crippen LogP) is 3.84.